The van der Waals surface area contributed by atoms with Crippen LogP contribution in [0.1, 0.15) is 61.1 Å². The minimum absolute atomic E-state index is 0.194. The second-order valence-corrected chi connectivity index (χ2v) is 12.9. The summed E-state index contributed by atoms with van der Waals surface area (Å²) < 4.78 is 28.1. The lowest BCUT2D eigenvalue weighted by Gasteiger charge is -2.27. The minimum atomic E-state index is -0.822. The van der Waals surface area contributed by atoms with Crippen LogP contribution >= 0.6 is 0 Å². The van der Waals surface area contributed by atoms with E-state index in [0.717, 1.165) is 11.1 Å². The first-order valence-electron chi connectivity index (χ1n) is 17.4. The van der Waals surface area contributed by atoms with Crippen molar-refractivity contribution in [3.05, 3.63) is 69.4 Å². The summed E-state index contributed by atoms with van der Waals surface area (Å²) in [5, 5.41) is 9.20. The Morgan fingerprint density at radius 3 is 2.27 bits per heavy atom. The van der Waals surface area contributed by atoms with Gasteiger partial charge in [0.05, 0.1) is 58.9 Å². The van der Waals surface area contributed by atoms with Gasteiger partial charge in [0.25, 0.3) is 5.91 Å². The number of amides is 3. The van der Waals surface area contributed by atoms with Gasteiger partial charge < -0.3 is 44.5 Å². The normalized spacial score (nSPS) is 16.2. The number of rotatable bonds is 12. The molecular formula is C39H48N4O9. The first kappa shape index (κ1) is 37.9. The van der Waals surface area contributed by atoms with Crippen LogP contribution in [0.15, 0.2) is 47.3 Å². The maximum atomic E-state index is 14.0. The van der Waals surface area contributed by atoms with Gasteiger partial charge in [0.1, 0.15) is 11.8 Å². The van der Waals surface area contributed by atoms with Crippen LogP contribution in [0.5, 0.6) is 23.0 Å². The van der Waals surface area contributed by atoms with Crippen molar-refractivity contribution in [1.29, 1.82) is 0 Å². The standard InChI is InChI=1S/C39H48N4O9/c1-8-22(2)35(38(46)41-25-10-14-32(48-4)28(20-25)39(47)43-15-17-52-18-16-43)42-30-13-11-26-27(21-31(30)45)29(40-23(3)44)12-9-24-19-33(49-5)36(50-6)37(51-7)34(24)26/h10-11,13-14,19-22,29,35H,8-9,12,15-18H2,1-7H3,(H,40,44)(H,41,46)(H,42,45)/t22-,29+,35+/m1/s1. The zero-order valence-corrected chi connectivity index (χ0v) is 30.8. The van der Waals surface area contributed by atoms with Gasteiger partial charge in [-0.1, -0.05) is 26.3 Å². The molecule has 1 aliphatic heterocycles. The van der Waals surface area contributed by atoms with Gasteiger partial charge in [-0.3, -0.25) is 19.2 Å². The van der Waals surface area contributed by atoms with Gasteiger partial charge in [-0.2, -0.15) is 0 Å². The fourth-order valence-corrected chi connectivity index (χ4v) is 6.81. The van der Waals surface area contributed by atoms with Crippen molar-refractivity contribution < 1.29 is 38.1 Å². The number of hydrogen-bond donors (Lipinski definition) is 3. The second kappa shape index (κ2) is 16.8. The maximum absolute atomic E-state index is 14.0. The molecule has 13 nitrogen and oxygen atoms in total. The quantitative estimate of drug-likeness (QED) is 0.238. The van der Waals surface area contributed by atoms with E-state index in [-0.39, 0.29) is 34.8 Å². The van der Waals surface area contributed by atoms with Gasteiger partial charge in [0, 0.05) is 31.3 Å². The molecule has 0 radical (unpaired) electrons. The predicted octanol–water partition coefficient (Wildman–Crippen LogP) is 4.81. The average molecular weight is 717 g/mol. The summed E-state index contributed by atoms with van der Waals surface area (Å²) in [5.74, 6) is 0.721. The first-order valence-corrected chi connectivity index (χ1v) is 17.4. The number of methoxy groups -OCH3 is 4. The molecule has 1 heterocycles. The van der Waals surface area contributed by atoms with Gasteiger partial charge in [-0.15, -0.1) is 0 Å². The molecule has 0 spiro atoms. The Morgan fingerprint density at radius 2 is 1.63 bits per heavy atom. The predicted molar refractivity (Wildman–Crippen MR) is 198 cm³/mol. The summed E-state index contributed by atoms with van der Waals surface area (Å²) in [7, 11) is 6.12. The average Bonchev–Trinajstić information content (AvgIpc) is 3.40. The maximum Gasteiger partial charge on any atom is 0.257 e. The van der Waals surface area contributed by atoms with Crippen molar-refractivity contribution in [2.75, 3.05) is 65.4 Å². The third kappa shape index (κ3) is 7.94. The van der Waals surface area contributed by atoms with Gasteiger partial charge in [-0.25, -0.2) is 0 Å². The molecule has 1 aliphatic carbocycles. The lowest BCUT2D eigenvalue weighted by molar-refractivity contribution is -0.120. The molecule has 5 rings (SSSR count). The van der Waals surface area contributed by atoms with Crippen LogP contribution in [0.2, 0.25) is 0 Å². The lowest BCUT2D eigenvalue weighted by atomic mass is 9.95. The number of benzene rings is 2. The molecular weight excluding hydrogens is 668 g/mol. The van der Waals surface area contributed by atoms with Crippen molar-refractivity contribution in [1.82, 2.24) is 10.2 Å². The van der Waals surface area contributed by atoms with Crippen LogP contribution in [0.3, 0.4) is 0 Å². The summed E-state index contributed by atoms with van der Waals surface area (Å²) in [4.78, 5) is 55.5. The van der Waals surface area contributed by atoms with Crippen molar-refractivity contribution in [3.8, 4) is 34.1 Å². The molecule has 13 heteroatoms. The topological polar surface area (TPSA) is 154 Å². The van der Waals surface area contributed by atoms with E-state index in [0.29, 0.717) is 90.9 Å². The molecule has 1 fully saturated rings. The van der Waals surface area contributed by atoms with E-state index in [4.69, 9.17) is 23.7 Å². The van der Waals surface area contributed by atoms with E-state index in [1.807, 2.05) is 26.0 Å². The Morgan fingerprint density at radius 1 is 0.923 bits per heavy atom. The Hall–Kier alpha value is -5.30. The van der Waals surface area contributed by atoms with Crippen LogP contribution in [0, 0.1) is 5.92 Å². The monoisotopic (exact) mass is 716 g/mol. The van der Waals surface area contributed by atoms with E-state index in [1.165, 1.54) is 27.2 Å². The number of carbonyl (C=O) groups excluding carboxylic acids is 3. The molecule has 278 valence electrons. The van der Waals surface area contributed by atoms with Gasteiger partial charge in [0.15, 0.2) is 11.5 Å². The number of nitrogens with one attached hydrogen (secondary N) is 3. The first-order chi connectivity index (χ1) is 25.0. The number of nitrogens with zero attached hydrogens (tertiary/aromatic N) is 1. The molecule has 52 heavy (non-hydrogen) atoms. The zero-order chi connectivity index (χ0) is 37.5. The molecule has 0 aromatic heterocycles. The summed E-state index contributed by atoms with van der Waals surface area (Å²) in [6, 6.07) is 10.5. The fraction of sp³-hybridized carbons (Fsp3) is 0.436. The highest BCUT2D eigenvalue weighted by molar-refractivity contribution is 6.01. The van der Waals surface area contributed by atoms with Gasteiger partial charge in [0.2, 0.25) is 23.0 Å². The van der Waals surface area contributed by atoms with Crippen LogP contribution < -0.4 is 40.3 Å². The molecule has 0 unspecified atom stereocenters. The number of carbonyl (C=O) groups is 3. The van der Waals surface area contributed by atoms with E-state index in [1.54, 1.807) is 43.4 Å². The van der Waals surface area contributed by atoms with E-state index in [2.05, 4.69) is 16.0 Å². The number of morpholine rings is 1. The van der Waals surface area contributed by atoms with Crippen molar-refractivity contribution in [3.63, 3.8) is 0 Å². The van der Waals surface area contributed by atoms with E-state index in [9.17, 15) is 19.2 Å². The molecule has 2 aliphatic rings. The van der Waals surface area contributed by atoms with E-state index >= 15 is 0 Å². The number of hydrogen-bond acceptors (Lipinski definition) is 10. The summed E-state index contributed by atoms with van der Waals surface area (Å²) in [6.07, 6.45) is 1.71. The fourth-order valence-electron chi connectivity index (χ4n) is 6.81. The Kier molecular flexibility index (Phi) is 12.3. The molecule has 3 aromatic carbocycles. The van der Waals surface area contributed by atoms with Crippen LogP contribution in [0.4, 0.5) is 11.4 Å². The van der Waals surface area contributed by atoms with Crippen molar-refractivity contribution in [2.24, 2.45) is 5.92 Å². The number of anilines is 2. The van der Waals surface area contributed by atoms with Crippen LogP contribution in [-0.4, -0.2) is 83.4 Å². The molecule has 3 amide bonds. The Balaban J connectivity index is 1.54. The van der Waals surface area contributed by atoms with Gasteiger partial charge >= 0.3 is 0 Å². The summed E-state index contributed by atoms with van der Waals surface area (Å²) >= 11 is 0. The Bertz CT molecular complexity index is 1880. The summed E-state index contributed by atoms with van der Waals surface area (Å²) in [5.41, 5.74) is 3.50. The number of fused-ring (bicyclic) bond motifs is 3. The molecule has 1 saturated heterocycles. The van der Waals surface area contributed by atoms with Crippen molar-refractivity contribution in [2.45, 2.75) is 52.1 Å². The highest BCUT2D eigenvalue weighted by Gasteiger charge is 2.31. The zero-order valence-electron chi connectivity index (χ0n) is 30.8. The van der Waals surface area contributed by atoms with Crippen molar-refractivity contribution >= 4 is 29.1 Å². The molecule has 3 N–H and O–H groups in total. The smallest absolute Gasteiger partial charge is 0.257 e. The van der Waals surface area contributed by atoms with Crippen LogP contribution in [-0.2, 0) is 20.7 Å². The molecule has 0 bridgehead atoms. The number of aryl methyl sites for hydroxylation is 1. The molecule has 3 aromatic rings. The Labute approximate surface area is 303 Å². The summed E-state index contributed by atoms with van der Waals surface area (Å²) in [6.45, 7) is 7.15. The highest BCUT2D eigenvalue weighted by Crippen LogP contribution is 2.50. The SMILES string of the molecule is CC[C@@H](C)[C@H](Nc1ccc2c(cc1=O)[C@@H](NC(C)=O)CCc1cc(OC)c(OC)c(OC)c1-2)C(=O)Nc1ccc(OC)c(C(=O)N2CCOCC2)c1. The van der Waals surface area contributed by atoms with Crippen LogP contribution in [0.25, 0.3) is 11.1 Å². The third-order valence-corrected chi connectivity index (χ3v) is 9.72. The minimum Gasteiger partial charge on any atom is -0.496 e. The lowest BCUT2D eigenvalue weighted by Crippen LogP contribution is -2.41. The van der Waals surface area contributed by atoms with E-state index < -0.39 is 12.1 Å². The molecule has 3 atom stereocenters. The molecule has 0 saturated carbocycles. The van der Waals surface area contributed by atoms with Gasteiger partial charge in [-0.05, 0) is 71.8 Å². The number of ether oxygens (including phenoxy) is 5. The largest absolute Gasteiger partial charge is 0.496 e. The second-order valence-electron chi connectivity index (χ2n) is 12.9. The highest BCUT2D eigenvalue weighted by atomic mass is 16.5. The third-order valence-electron chi connectivity index (χ3n) is 9.72.